The number of hydrogen-bond acceptors (Lipinski definition) is 3. The Morgan fingerprint density at radius 2 is 2.06 bits per heavy atom. The highest BCUT2D eigenvalue weighted by Gasteiger charge is 2.15. The molecule has 0 aliphatic rings. The number of hydrogen-bond donors (Lipinski definition) is 1. The van der Waals surface area contributed by atoms with Crippen molar-refractivity contribution in [3.05, 3.63) is 29.6 Å². The summed E-state index contributed by atoms with van der Waals surface area (Å²) < 4.78 is 18.3. The summed E-state index contributed by atoms with van der Waals surface area (Å²) in [5.74, 6) is -0.0660. The van der Waals surface area contributed by atoms with E-state index in [-0.39, 0.29) is 11.6 Å². The van der Waals surface area contributed by atoms with Gasteiger partial charge in [0.1, 0.15) is 0 Å². The molecule has 3 nitrogen and oxygen atoms in total. The Hall–Kier alpha value is -1.13. The maximum Gasteiger partial charge on any atom is 0.165 e. The molecule has 1 rings (SSSR count). The largest absolute Gasteiger partial charge is 0.494 e. The van der Waals surface area contributed by atoms with Crippen molar-refractivity contribution in [2.75, 3.05) is 27.2 Å². The van der Waals surface area contributed by atoms with Crippen LogP contribution in [0.2, 0.25) is 0 Å². The number of aliphatic hydroxyl groups is 1. The van der Waals surface area contributed by atoms with Crippen molar-refractivity contribution in [2.24, 2.45) is 0 Å². The maximum absolute atomic E-state index is 13.5. The Kier molecular flexibility index (Phi) is 5.11. The first-order chi connectivity index (χ1) is 8.31. The monoisotopic (exact) mass is 255 g/mol. The average Bonchev–Trinajstić information content (AvgIpc) is 2.24. The van der Waals surface area contributed by atoms with E-state index >= 15 is 0 Å². The van der Waals surface area contributed by atoms with Crippen LogP contribution in [-0.2, 0) is 6.42 Å². The summed E-state index contributed by atoms with van der Waals surface area (Å²) in [6.45, 7) is 4.91. The van der Waals surface area contributed by atoms with Gasteiger partial charge in [0.25, 0.3) is 0 Å². The van der Waals surface area contributed by atoms with Crippen LogP contribution in [0.15, 0.2) is 18.2 Å². The number of methoxy groups -OCH3 is 1. The minimum absolute atomic E-state index is 0.267. The van der Waals surface area contributed by atoms with E-state index in [0.717, 1.165) is 18.5 Å². The molecule has 0 amide bonds. The van der Waals surface area contributed by atoms with Crippen LogP contribution in [0.25, 0.3) is 0 Å². The molecule has 1 aromatic rings. The first-order valence-electron chi connectivity index (χ1n) is 6.05. The van der Waals surface area contributed by atoms with Crippen molar-refractivity contribution in [3.8, 4) is 5.75 Å². The zero-order valence-corrected chi connectivity index (χ0v) is 11.5. The highest BCUT2D eigenvalue weighted by Crippen LogP contribution is 2.18. The van der Waals surface area contributed by atoms with Crippen molar-refractivity contribution in [3.63, 3.8) is 0 Å². The number of benzene rings is 1. The normalized spacial score (nSPS) is 11.9. The minimum atomic E-state index is -0.708. The Balaban J connectivity index is 2.51. The first-order valence-corrected chi connectivity index (χ1v) is 6.05. The van der Waals surface area contributed by atoms with Crippen molar-refractivity contribution in [2.45, 2.75) is 25.9 Å². The summed E-state index contributed by atoms with van der Waals surface area (Å²) in [5.41, 5.74) is 0.218. The molecule has 0 radical (unpaired) electrons. The Labute approximate surface area is 108 Å². The van der Waals surface area contributed by atoms with E-state index in [0.29, 0.717) is 6.54 Å². The molecule has 0 unspecified atom stereocenters. The summed E-state index contributed by atoms with van der Waals surface area (Å²) in [7, 11) is 3.40. The fourth-order valence-corrected chi connectivity index (χ4v) is 1.92. The number of rotatable bonds is 6. The summed E-state index contributed by atoms with van der Waals surface area (Å²) in [6, 6.07) is 5.00. The molecule has 0 spiro atoms. The van der Waals surface area contributed by atoms with Crippen LogP contribution in [0, 0.1) is 5.82 Å². The SMILES string of the molecule is COc1ccc(CCN(C)CC(C)(C)O)cc1F. The molecule has 4 heteroatoms. The second kappa shape index (κ2) is 6.16. The van der Waals surface area contributed by atoms with E-state index in [1.807, 2.05) is 18.0 Å². The molecule has 0 bridgehead atoms. The maximum atomic E-state index is 13.5. The third kappa shape index (κ3) is 5.02. The van der Waals surface area contributed by atoms with Crippen molar-refractivity contribution in [1.82, 2.24) is 4.90 Å². The van der Waals surface area contributed by atoms with E-state index in [1.165, 1.54) is 13.2 Å². The van der Waals surface area contributed by atoms with Gasteiger partial charge in [-0.05, 0) is 45.0 Å². The van der Waals surface area contributed by atoms with Crippen LogP contribution in [0.3, 0.4) is 0 Å². The molecule has 0 fully saturated rings. The lowest BCUT2D eigenvalue weighted by atomic mass is 10.1. The Morgan fingerprint density at radius 1 is 1.39 bits per heavy atom. The molecule has 1 N–H and O–H groups in total. The average molecular weight is 255 g/mol. The molecule has 102 valence electrons. The lowest BCUT2D eigenvalue weighted by Gasteiger charge is -2.25. The molecular formula is C14H22FNO2. The molecule has 0 aliphatic heterocycles. The highest BCUT2D eigenvalue weighted by atomic mass is 19.1. The predicted octanol–water partition coefficient (Wildman–Crippen LogP) is 2.08. The summed E-state index contributed by atoms with van der Waals surface area (Å²) >= 11 is 0. The standard InChI is InChI=1S/C14H22FNO2/c1-14(2,17)10-16(3)8-7-11-5-6-13(18-4)12(15)9-11/h5-6,9,17H,7-8,10H2,1-4H3. The third-order valence-corrected chi connectivity index (χ3v) is 2.66. The molecule has 0 heterocycles. The summed E-state index contributed by atoms with van der Waals surface area (Å²) in [4.78, 5) is 2.03. The van der Waals surface area contributed by atoms with Gasteiger partial charge < -0.3 is 14.7 Å². The predicted molar refractivity (Wildman–Crippen MR) is 70.5 cm³/mol. The van der Waals surface area contributed by atoms with Gasteiger partial charge in [-0.15, -0.1) is 0 Å². The number of ether oxygens (including phenoxy) is 1. The van der Waals surface area contributed by atoms with Crippen molar-refractivity contribution >= 4 is 0 Å². The minimum Gasteiger partial charge on any atom is -0.494 e. The van der Waals surface area contributed by atoms with Crippen molar-refractivity contribution < 1.29 is 14.2 Å². The zero-order chi connectivity index (χ0) is 13.8. The fourth-order valence-electron chi connectivity index (χ4n) is 1.92. The topological polar surface area (TPSA) is 32.7 Å². The Morgan fingerprint density at radius 3 is 2.56 bits per heavy atom. The van der Waals surface area contributed by atoms with Gasteiger partial charge in [-0.25, -0.2) is 4.39 Å². The van der Waals surface area contributed by atoms with E-state index in [4.69, 9.17) is 4.74 Å². The van der Waals surface area contributed by atoms with E-state index < -0.39 is 5.60 Å². The van der Waals surface area contributed by atoms with Crippen LogP contribution in [-0.4, -0.2) is 42.9 Å². The van der Waals surface area contributed by atoms with Gasteiger partial charge in [-0.2, -0.15) is 0 Å². The van der Waals surface area contributed by atoms with Crippen LogP contribution in [0.4, 0.5) is 4.39 Å². The number of nitrogens with zero attached hydrogens (tertiary/aromatic N) is 1. The second-order valence-electron chi connectivity index (χ2n) is 5.27. The van der Waals surface area contributed by atoms with Gasteiger partial charge >= 0.3 is 0 Å². The van der Waals surface area contributed by atoms with E-state index in [1.54, 1.807) is 19.9 Å². The number of halogens is 1. The molecule has 0 aromatic heterocycles. The molecule has 0 saturated heterocycles. The van der Waals surface area contributed by atoms with E-state index in [2.05, 4.69) is 0 Å². The molecule has 0 saturated carbocycles. The smallest absolute Gasteiger partial charge is 0.165 e. The van der Waals surface area contributed by atoms with Crippen LogP contribution in [0.1, 0.15) is 19.4 Å². The van der Waals surface area contributed by atoms with Gasteiger partial charge in [0.15, 0.2) is 11.6 Å². The zero-order valence-electron chi connectivity index (χ0n) is 11.5. The fraction of sp³-hybridized carbons (Fsp3) is 0.571. The van der Waals surface area contributed by atoms with Gasteiger partial charge in [-0.3, -0.25) is 0 Å². The molecule has 18 heavy (non-hydrogen) atoms. The lowest BCUT2D eigenvalue weighted by Crippen LogP contribution is -2.37. The molecule has 0 aliphatic carbocycles. The van der Waals surface area contributed by atoms with Crippen LogP contribution >= 0.6 is 0 Å². The Bertz CT molecular complexity index is 388. The van der Waals surface area contributed by atoms with Gasteiger partial charge in [0.05, 0.1) is 12.7 Å². The van der Waals surface area contributed by atoms with Gasteiger partial charge in [-0.1, -0.05) is 6.07 Å². The van der Waals surface area contributed by atoms with Gasteiger partial charge in [0.2, 0.25) is 0 Å². The second-order valence-corrected chi connectivity index (χ2v) is 5.27. The van der Waals surface area contributed by atoms with Crippen LogP contribution < -0.4 is 4.74 Å². The summed E-state index contributed by atoms with van der Waals surface area (Å²) in [5, 5.41) is 9.68. The summed E-state index contributed by atoms with van der Waals surface area (Å²) in [6.07, 6.45) is 0.744. The molecular weight excluding hydrogens is 233 g/mol. The quantitative estimate of drug-likeness (QED) is 0.844. The van der Waals surface area contributed by atoms with Crippen LogP contribution in [0.5, 0.6) is 5.75 Å². The van der Waals surface area contributed by atoms with E-state index in [9.17, 15) is 9.50 Å². The number of likely N-dealkylation sites (N-methyl/N-ethyl adjacent to an activating group) is 1. The lowest BCUT2D eigenvalue weighted by molar-refractivity contribution is 0.0450. The first kappa shape index (κ1) is 14.9. The third-order valence-electron chi connectivity index (χ3n) is 2.66. The van der Waals surface area contributed by atoms with Gasteiger partial charge in [0, 0.05) is 13.1 Å². The van der Waals surface area contributed by atoms with Crippen molar-refractivity contribution in [1.29, 1.82) is 0 Å². The highest BCUT2D eigenvalue weighted by molar-refractivity contribution is 5.29. The molecule has 1 aromatic carbocycles. The molecule has 0 atom stereocenters.